The lowest BCUT2D eigenvalue weighted by atomic mass is 9.81. The Bertz CT molecular complexity index is 435. The van der Waals surface area contributed by atoms with Gasteiger partial charge in [-0.05, 0) is 25.7 Å². The van der Waals surface area contributed by atoms with Crippen molar-refractivity contribution in [3.8, 4) is 0 Å². The van der Waals surface area contributed by atoms with Crippen molar-refractivity contribution >= 4 is 5.91 Å². The third-order valence-corrected chi connectivity index (χ3v) is 3.97. The first-order chi connectivity index (χ1) is 8.83. The van der Waals surface area contributed by atoms with Crippen molar-refractivity contribution in [1.82, 2.24) is 10.5 Å². The molecule has 1 heterocycles. The molecule has 0 fully saturated rings. The molecule has 108 valence electrons. The monoisotopic (exact) mass is 266 g/mol. The van der Waals surface area contributed by atoms with Gasteiger partial charge in [0.1, 0.15) is 5.76 Å². The Morgan fingerprint density at radius 2 is 2.05 bits per heavy atom. The number of hydrogen-bond acceptors (Lipinski definition) is 3. The molecule has 0 bridgehead atoms. The second-order valence-electron chi connectivity index (χ2n) is 5.87. The maximum absolute atomic E-state index is 12.2. The fraction of sp³-hybridized carbons (Fsp3) is 0.733. The van der Waals surface area contributed by atoms with Gasteiger partial charge in [-0.1, -0.05) is 39.3 Å². The number of aryl methyl sites for hydroxylation is 1. The van der Waals surface area contributed by atoms with Crippen LogP contribution in [0.15, 0.2) is 4.52 Å². The molecule has 1 unspecified atom stereocenters. The van der Waals surface area contributed by atoms with Crippen molar-refractivity contribution < 1.29 is 9.32 Å². The molecule has 4 nitrogen and oxygen atoms in total. The zero-order valence-corrected chi connectivity index (χ0v) is 13.0. The molecule has 1 amide bonds. The van der Waals surface area contributed by atoms with Crippen molar-refractivity contribution in [2.45, 2.75) is 66.8 Å². The molecule has 0 saturated heterocycles. The van der Waals surface area contributed by atoms with Crippen LogP contribution in [0.4, 0.5) is 0 Å². The van der Waals surface area contributed by atoms with Crippen LogP contribution in [0.3, 0.4) is 0 Å². The Morgan fingerprint density at radius 3 is 2.53 bits per heavy atom. The van der Waals surface area contributed by atoms with E-state index in [2.05, 4.69) is 31.2 Å². The fourth-order valence-electron chi connectivity index (χ4n) is 2.23. The molecule has 0 radical (unpaired) electrons. The molecular weight excluding hydrogens is 240 g/mol. The van der Waals surface area contributed by atoms with E-state index in [1.54, 1.807) is 0 Å². The van der Waals surface area contributed by atoms with Crippen LogP contribution >= 0.6 is 0 Å². The molecule has 1 aromatic heterocycles. The SMILES string of the molecule is CCCC(C)(C)C(C)NC(=O)c1noc(CC)c1C. The maximum atomic E-state index is 12.2. The molecule has 0 aliphatic rings. The van der Waals surface area contributed by atoms with Gasteiger partial charge in [0, 0.05) is 18.0 Å². The number of carbonyl (C=O) groups excluding carboxylic acids is 1. The first-order valence-corrected chi connectivity index (χ1v) is 7.09. The van der Waals surface area contributed by atoms with E-state index in [-0.39, 0.29) is 17.4 Å². The van der Waals surface area contributed by atoms with E-state index in [4.69, 9.17) is 4.52 Å². The molecule has 1 rings (SSSR count). The third kappa shape index (κ3) is 3.58. The van der Waals surface area contributed by atoms with Crippen molar-refractivity contribution in [3.63, 3.8) is 0 Å². The van der Waals surface area contributed by atoms with E-state index in [0.29, 0.717) is 5.69 Å². The van der Waals surface area contributed by atoms with Gasteiger partial charge in [0.15, 0.2) is 5.69 Å². The molecule has 1 atom stereocenters. The average molecular weight is 266 g/mol. The molecule has 4 heteroatoms. The number of hydrogen-bond donors (Lipinski definition) is 1. The van der Waals surface area contributed by atoms with E-state index < -0.39 is 0 Å². The number of rotatable bonds is 6. The van der Waals surface area contributed by atoms with E-state index >= 15 is 0 Å². The predicted octanol–water partition coefficient (Wildman–Crippen LogP) is 3.49. The van der Waals surface area contributed by atoms with Crippen molar-refractivity contribution in [2.24, 2.45) is 5.41 Å². The number of nitrogens with zero attached hydrogens (tertiary/aromatic N) is 1. The van der Waals surface area contributed by atoms with Crippen molar-refractivity contribution in [3.05, 3.63) is 17.0 Å². The molecule has 1 aromatic rings. The lowest BCUT2D eigenvalue weighted by molar-refractivity contribution is 0.0888. The summed E-state index contributed by atoms with van der Waals surface area (Å²) in [5, 5.41) is 6.92. The summed E-state index contributed by atoms with van der Waals surface area (Å²) >= 11 is 0. The average Bonchev–Trinajstić information content (AvgIpc) is 2.70. The summed E-state index contributed by atoms with van der Waals surface area (Å²) in [5.41, 5.74) is 1.34. The number of aromatic nitrogens is 1. The standard InChI is InChI=1S/C15H26N2O2/c1-7-9-15(5,6)11(4)16-14(18)13-10(3)12(8-2)19-17-13/h11H,7-9H2,1-6H3,(H,16,18). The number of nitrogens with one attached hydrogen (secondary N) is 1. The van der Waals surface area contributed by atoms with Gasteiger partial charge in [-0.2, -0.15) is 0 Å². The largest absolute Gasteiger partial charge is 0.360 e. The molecule has 0 saturated carbocycles. The first kappa shape index (κ1) is 15.7. The lowest BCUT2D eigenvalue weighted by Gasteiger charge is -2.32. The molecule has 0 spiro atoms. The third-order valence-electron chi connectivity index (χ3n) is 3.97. The van der Waals surface area contributed by atoms with Gasteiger partial charge in [0.2, 0.25) is 0 Å². The fourth-order valence-corrected chi connectivity index (χ4v) is 2.23. The summed E-state index contributed by atoms with van der Waals surface area (Å²) in [6, 6.07) is 0.0983. The van der Waals surface area contributed by atoms with Gasteiger partial charge >= 0.3 is 0 Å². The van der Waals surface area contributed by atoms with Gasteiger partial charge in [0.05, 0.1) is 0 Å². The molecule has 0 aromatic carbocycles. The van der Waals surface area contributed by atoms with Gasteiger partial charge in [-0.3, -0.25) is 4.79 Å². The summed E-state index contributed by atoms with van der Waals surface area (Å²) in [4.78, 5) is 12.2. The highest BCUT2D eigenvalue weighted by Crippen LogP contribution is 2.27. The number of amides is 1. The molecule has 0 aliphatic heterocycles. The topological polar surface area (TPSA) is 55.1 Å². The predicted molar refractivity (Wildman–Crippen MR) is 76.2 cm³/mol. The van der Waals surface area contributed by atoms with Crippen LogP contribution < -0.4 is 5.32 Å². The summed E-state index contributed by atoms with van der Waals surface area (Å²) in [7, 11) is 0. The van der Waals surface area contributed by atoms with E-state index in [9.17, 15) is 4.79 Å². The zero-order chi connectivity index (χ0) is 14.6. The Labute approximate surface area is 115 Å². The van der Waals surface area contributed by atoms with Crippen LogP contribution in [0, 0.1) is 12.3 Å². The normalized spacial score (nSPS) is 13.4. The highest BCUT2D eigenvalue weighted by molar-refractivity contribution is 5.93. The highest BCUT2D eigenvalue weighted by atomic mass is 16.5. The quantitative estimate of drug-likeness (QED) is 0.857. The van der Waals surface area contributed by atoms with Crippen LogP contribution in [0.2, 0.25) is 0 Å². The maximum Gasteiger partial charge on any atom is 0.273 e. The molecule has 0 aliphatic carbocycles. The van der Waals surface area contributed by atoms with Crippen LogP contribution in [-0.4, -0.2) is 17.1 Å². The van der Waals surface area contributed by atoms with Gasteiger partial charge < -0.3 is 9.84 Å². The van der Waals surface area contributed by atoms with E-state index in [1.165, 1.54) is 0 Å². The molecular formula is C15H26N2O2. The van der Waals surface area contributed by atoms with E-state index in [0.717, 1.165) is 30.6 Å². The Balaban J connectivity index is 2.77. The van der Waals surface area contributed by atoms with Crippen LogP contribution in [0.25, 0.3) is 0 Å². The highest BCUT2D eigenvalue weighted by Gasteiger charge is 2.28. The Morgan fingerprint density at radius 1 is 1.42 bits per heavy atom. The van der Waals surface area contributed by atoms with Crippen LogP contribution in [0.1, 0.15) is 69.3 Å². The van der Waals surface area contributed by atoms with Gasteiger partial charge in [0.25, 0.3) is 5.91 Å². The Hall–Kier alpha value is -1.32. The minimum atomic E-state index is -0.141. The second-order valence-corrected chi connectivity index (χ2v) is 5.87. The number of carbonyl (C=O) groups is 1. The second kappa shape index (κ2) is 6.22. The van der Waals surface area contributed by atoms with E-state index in [1.807, 2.05) is 20.8 Å². The van der Waals surface area contributed by atoms with Crippen molar-refractivity contribution in [2.75, 3.05) is 0 Å². The summed E-state index contributed by atoms with van der Waals surface area (Å²) in [6.07, 6.45) is 2.94. The van der Waals surface area contributed by atoms with Crippen LogP contribution in [0.5, 0.6) is 0 Å². The Kier molecular flexibility index (Phi) is 5.15. The van der Waals surface area contributed by atoms with Crippen molar-refractivity contribution in [1.29, 1.82) is 0 Å². The smallest absolute Gasteiger partial charge is 0.273 e. The minimum Gasteiger partial charge on any atom is -0.360 e. The van der Waals surface area contributed by atoms with Gasteiger partial charge in [-0.25, -0.2) is 0 Å². The van der Waals surface area contributed by atoms with Gasteiger partial charge in [-0.15, -0.1) is 0 Å². The summed E-state index contributed by atoms with van der Waals surface area (Å²) in [6.45, 7) is 12.4. The minimum absolute atomic E-state index is 0.0790. The summed E-state index contributed by atoms with van der Waals surface area (Å²) < 4.78 is 5.17. The lowest BCUT2D eigenvalue weighted by Crippen LogP contribution is -2.43. The molecule has 1 N–H and O–H groups in total. The zero-order valence-electron chi connectivity index (χ0n) is 13.0. The van der Waals surface area contributed by atoms with Crippen LogP contribution in [-0.2, 0) is 6.42 Å². The molecule has 19 heavy (non-hydrogen) atoms. The summed E-state index contributed by atoms with van der Waals surface area (Å²) in [5.74, 6) is 0.642. The first-order valence-electron chi connectivity index (χ1n) is 7.09.